The highest BCUT2D eigenvalue weighted by atomic mass is 16.2. The van der Waals surface area contributed by atoms with Crippen LogP contribution in [-0.2, 0) is 18.4 Å². The van der Waals surface area contributed by atoms with Gasteiger partial charge in [0.25, 0.3) is 5.56 Å². The number of benzene rings is 1. The van der Waals surface area contributed by atoms with Crippen LogP contribution < -0.4 is 17.0 Å². The lowest BCUT2D eigenvalue weighted by atomic mass is 9.94. The quantitative estimate of drug-likeness (QED) is 0.637. The highest BCUT2D eigenvalue weighted by Gasteiger charge is 2.31. The molecular formula is C25H33N5O4. The number of nitrogen functional groups attached to an aromatic ring is 1. The second kappa shape index (κ2) is 10.4. The van der Waals surface area contributed by atoms with Crippen molar-refractivity contribution in [3.05, 3.63) is 62.3 Å². The molecule has 2 N–H and O–H groups in total. The monoisotopic (exact) mass is 467 g/mol. The van der Waals surface area contributed by atoms with Crippen molar-refractivity contribution in [3.8, 4) is 0 Å². The van der Waals surface area contributed by atoms with Gasteiger partial charge in [0, 0.05) is 26.1 Å². The summed E-state index contributed by atoms with van der Waals surface area (Å²) in [4.78, 5) is 55.4. The SMILES string of the molecule is Cn1c(=O)c(C(=O)CN2CCC(C(=O)N3CCCCC3)CC2)c(N)n(Cc2ccccc2)c1=O. The largest absolute Gasteiger partial charge is 0.384 e. The zero-order valence-electron chi connectivity index (χ0n) is 19.7. The van der Waals surface area contributed by atoms with Gasteiger partial charge in [-0.05, 0) is 50.8 Å². The number of hydrogen-bond donors (Lipinski definition) is 1. The number of hydrogen-bond acceptors (Lipinski definition) is 6. The van der Waals surface area contributed by atoms with E-state index in [0.717, 1.165) is 36.1 Å². The van der Waals surface area contributed by atoms with Crippen LogP contribution in [0.4, 0.5) is 5.82 Å². The topological polar surface area (TPSA) is 111 Å². The zero-order chi connectivity index (χ0) is 24.2. The smallest absolute Gasteiger partial charge is 0.332 e. The Morgan fingerprint density at radius 1 is 0.971 bits per heavy atom. The summed E-state index contributed by atoms with van der Waals surface area (Å²) in [5, 5.41) is 0. The van der Waals surface area contributed by atoms with E-state index >= 15 is 0 Å². The summed E-state index contributed by atoms with van der Waals surface area (Å²) < 4.78 is 2.21. The molecule has 1 aromatic carbocycles. The van der Waals surface area contributed by atoms with Gasteiger partial charge in [0.1, 0.15) is 11.4 Å². The van der Waals surface area contributed by atoms with Crippen LogP contribution in [0, 0.1) is 5.92 Å². The van der Waals surface area contributed by atoms with E-state index in [4.69, 9.17) is 5.73 Å². The summed E-state index contributed by atoms with van der Waals surface area (Å²) in [5.41, 5.74) is 5.68. The Balaban J connectivity index is 1.45. The number of piperidine rings is 2. The first kappa shape index (κ1) is 23.9. The van der Waals surface area contributed by atoms with Gasteiger partial charge in [0.15, 0.2) is 5.78 Å². The number of rotatable bonds is 6. The first-order valence-corrected chi connectivity index (χ1v) is 12.0. The summed E-state index contributed by atoms with van der Waals surface area (Å²) in [5.74, 6) is -0.273. The van der Waals surface area contributed by atoms with Crippen LogP contribution in [0.1, 0.15) is 48.0 Å². The Morgan fingerprint density at radius 2 is 1.62 bits per heavy atom. The van der Waals surface area contributed by atoms with Crippen molar-refractivity contribution in [1.82, 2.24) is 18.9 Å². The molecule has 0 radical (unpaired) electrons. The lowest BCUT2D eigenvalue weighted by molar-refractivity contribution is -0.137. The molecule has 2 saturated heterocycles. The van der Waals surface area contributed by atoms with E-state index in [-0.39, 0.29) is 36.3 Å². The predicted molar refractivity (Wildman–Crippen MR) is 130 cm³/mol. The molecule has 0 spiro atoms. The van der Waals surface area contributed by atoms with Crippen molar-refractivity contribution in [3.63, 3.8) is 0 Å². The molecule has 0 unspecified atom stereocenters. The summed E-state index contributed by atoms with van der Waals surface area (Å²) in [7, 11) is 1.36. The maximum atomic E-state index is 13.2. The van der Waals surface area contributed by atoms with E-state index in [1.54, 1.807) is 0 Å². The molecule has 34 heavy (non-hydrogen) atoms. The summed E-state index contributed by atoms with van der Waals surface area (Å²) in [6, 6.07) is 9.28. The van der Waals surface area contributed by atoms with E-state index in [1.807, 2.05) is 40.1 Å². The molecule has 2 aromatic rings. The summed E-state index contributed by atoms with van der Waals surface area (Å²) >= 11 is 0. The van der Waals surface area contributed by atoms with Gasteiger partial charge in [-0.15, -0.1) is 0 Å². The molecule has 0 saturated carbocycles. The van der Waals surface area contributed by atoms with Gasteiger partial charge in [-0.25, -0.2) is 4.79 Å². The second-order valence-electron chi connectivity index (χ2n) is 9.34. The first-order valence-electron chi connectivity index (χ1n) is 12.0. The average Bonchev–Trinajstić information content (AvgIpc) is 2.86. The fourth-order valence-electron chi connectivity index (χ4n) is 4.96. The third-order valence-electron chi connectivity index (χ3n) is 7.02. The number of anilines is 1. The Kier molecular flexibility index (Phi) is 7.31. The number of nitrogens with two attached hydrogens (primary N) is 1. The Bertz CT molecular complexity index is 1160. The fourth-order valence-corrected chi connectivity index (χ4v) is 4.96. The molecule has 182 valence electrons. The van der Waals surface area contributed by atoms with E-state index < -0.39 is 17.0 Å². The number of carbonyl (C=O) groups is 2. The molecule has 9 nitrogen and oxygen atoms in total. The fraction of sp³-hybridized carbons (Fsp3) is 0.520. The number of amides is 1. The molecule has 0 atom stereocenters. The first-order chi connectivity index (χ1) is 16.4. The minimum Gasteiger partial charge on any atom is -0.384 e. The van der Waals surface area contributed by atoms with Crippen molar-refractivity contribution in [2.45, 2.75) is 38.6 Å². The molecule has 2 fully saturated rings. The van der Waals surface area contributed by atoms with Gasteiger partial charge < -0.3 is 10.6 Å². The normalized spacial score (nSPS) is 17.6. The molecule has 9 heteroatoms. The molecule has 0 aliphatic carbocycles. The Morgan fingerprint density at radius 3 is 2.26 bits per heavy atom. The molecule has 1 amide bonds. The molecular weight excluding hydrogens is 434 g/mol. The Hall–Kier alpha value is -3.20. The van der Waals surface area contributed by atoms with E-state index in [1.165, 1.54) is 18.0 Å². The van der Waals surface area contributed by atoms with Crippen molar-refractivity contribution >= 4 is 17.5 Å². The third-order valence-corrected chi connectivity index (χ3v) is 7.02. The standard InChI is InChI=1S/C25H33N5O4/c1-27-24(33)21(22(26)30(25(27)34)16-18-8-4-2-5-9-18)20(31)17-28-14-10-19(11-15-28)23(32)29-12-6-3-7-13-29/h2,4-5,8-9,19H,3,6-7,10-17,26H2,1H3. The third kappa shape index (κ3) is 4.99. The maximum Gasteiger partial charge on any atom is 0.332 e. The van der Waals surface area contributed by atoms with E-state index in [2.05, 4.69) is 0 Å². The van der Waals surface area contributed by atoms with Crippen molar-refractivity contribution in [2.75, 3.05) is 38.5 Å². The van der Waals surface area contributed by atoms with Crippen LogP contribution >= 0.6 is 0 Å². The van der Waals surface area contributed by atoms with Gasteiger partial charge in [-0.3, -0.25) is 28.4 Å². The molecule has 3 heterocycles. The van der Waals surface area contributed by atoms with Gasteiger partial charge >= 0.3 is 5.69 Å². The average molecular weight is 468 g/mol. The molecule has 2 aliphatic rings. The van der Waals surface area contributed by atoms with Crippen LogP contribution in [0.25, 0.3) is 0 Å². The molecule has 2 aliphatic heterocycles. The number of likely N-dealkylation sites (tertiary alicyclic amines) is 2. The van der Waals surface area contributed by atoms with Crippen LogP contribution in [0.15, 0.2) is 39.9 Å². The number of ketones is 1. The van der Waals surface area contributed by atoms with Gasteiger partial charge in [0.2, 0.25) is 5.91 Å². The molecule has 0 bridgehead atoms. The lowest BCUT2D eigenvalue weighted by Crippen LogP contribution is -2.47. The lowest BCUT2D eigenvalue weighted by Gasteiger charge is -2.35. The van der Waals surface area contributed by atoms with E-state index in [9.17, 15) is 19.2 Å². The second-order valence-corrected chi connectivity index (χ2v) is 9.34. The van der Waals surface area contributed by atoms with Crippen molar-refractivity contribution in [1.29, 1.82) is 0 Å². The predicted octanol–water partition coefficient (Wildman–Crippen LogP) is 1.08. The summed E-state index contributed by atoms with van der Waals surface area (Å²) in [6.45, 7) is 3.12. The number of nitrogens with zero attached hydrogens (tertiary/aromatic N) is 4. The van der Waals surface area contributed by atoms with Crippen LogP contribution in [0.3, 0.4) is 0 Å². The van der Waals surface area contributed by atoms with Crippen molar-refractivity contribution in [2.24, 2.45) is 13.0 Å². The van der Waals surface area contributed by atoms with Crippen molar-refractivity contribution < 1.29 is 9.59 Å². The zero-order valence-corrected chi connectivity index (χ0v) is 19.7. The highest BCUT2D eigenvalue weighted by molar-refractivity contribution is 6.01. The van der Waals surface area contributed by atoms with Gasteiger partial charge in [-0.2, -0.15) is 0 Å². The molecule has 4 rings (SSSR count). The Labute approximate surface area is 198 Å². The van der Waals surface area contributed by atoms with Gasteiger partial charge in [-0.1, -0.05) is 30.3 Å². The maximum absolute atomic E-state index is 13.2. The summed E-state index contributed by atoms with van der Waals surface area (Å²) in [6.07, 6.45) is 4.72. The number of Topliss-reactive ketones (excluding diaryl/α,β-unsaturated/α-hetero) is 1. The minimum atomic E-state index is -0.674. The molecule has 1 aromatic heterocycles. The van der Waals surface area contributed by atoms with Crippen LogP contribution in [0.5, 0.6) is 0 Å². The number of aromatic nitrogens is 2. The van der Waals surface area contributed by atoms with Crippen LogP contribution in [0.2, 0.25) is 0 Å². The van der Waals surface area contributed by atoms with E-state index in [0.29, 0.717) is 25.9 Å². The highest BCUT2D eigenvalue weighted by Crippen LogP contribution is 2.22. The van der Waals surface area contributed by atoms with Gasteiger partial charge in [0.05, 0.1) is 13.1 Å². The minimum absolute atomic E-state index is 0.00447. The van der Waals surface area contributed by atoms with Crippen LogP contribution in [-0.4, -0.2) is 63.3 Å². The number of carbonyl (C=O) groups excluding carboxylic acids is 2.